The van der Waals surface area contributed by atoms with E-state index in [0.717, 1.165) is 15.8 Å². The number of halogens is 1. The SMILES string of the molecule is Cc1ccc(Oc2ccc(Br)cc2CO)cc1C. The minimum absolute atomic E-state index is 0.0420. The second-order valence-electron chi connectivity index (χ2n) is 4.26. The lowest BCUT2D eigenvalue weighted by Gasteiger charge is -2.11. The predicted molar refractivity (Wildman–Crippen MR) is 76.1 cm³/mol. The van der Waals surface area contributed by atoms with Crippen LogP contribution in [0, 0.1) is 13.8 Å². The smallest absolute Gasteiger partial charge is 0.133 e. The molecule has 0 aliphatic carbocycles. The minimum atomic E-state index is -0.0420. The van der Waals surface area contributed by atoms with Crippen LogP contribution in [0.25, 0.3) is 0 Å². The molecule has 0 unspecified atom stereocenters. The van der Waals surface area contributed by atoms with E-state index in [4.69, 9.17) is 4.74 Å². The monoisotopic (exact) mass is 306 g/mol. The third kappa shape index (κ3) is 2.92. The van der Waals surface area contributed by atoms with Gasteiger partial charge >= 0.3 is 0 Å². The Morgan fingerprint density at radius 2 is 1.83 bits per heavy atom. The lowest BCUT2D eigenvalue weighted by Crippen LogP contribution is -1.92. The van der Waals surface area contributed by atoms with Gasteiger partial charge in [-0.05, 0) is 55.3 Å². The number of ether oxygens (including phenoxy) is 1. The fourth-order valence-electron chi connectivity index (χ4n) is 1.68. The fraction of sp³-hybridized carbons (Fsp3) is 0.200. The summed E-state index contributed by atoms with van der Waals surface area (Å²) in [5, 5.41) is 9.32. The van der Waals surface area contributed by atoms with Crippen molar-refractivity contribution in [3.8, 4) is 11.5 Å². The largest absolute Gasteiger partial charge is 0.457 e. The van der Waals surface area contributed by atoms with Crippen LogP contribution in [0.1, 0.15) is 16.7 Å². The molecule has 18 heavy (non-hydrogen) atoms. The van der Waals surface area contributed by atoms with Crippen molar-refractivity contribution in [3.05, 3.63) is 57.6 Å². The first-order chi connectivity index (χ1) is 8.60. The number of benzene rings is 2. The lowest BCUT2D eigenvalue weighted by atomic mass is 10.1. The van der Waals surface area contributed by atoms with E-state index in [1.807, 2.05) is 36.4 Å². The highest BCUT2D eigenvalue weighted by Crippen LogP contribution is 2.29. The predicted octanol–water partition coefficient (Wildman–Crippen LogP) is 4.35. The van der Waals surface area contributed by atoms with E-state index in [1.165, 1.54) is 11.1 Å². The quantitative estimate of drug-likeness (QED) is 0.913. The van der Waals surface area contributed by atoms with Gasteiger partial charge in [0.05, 0.1) is 6.61 Å². The van der Waals surface area contributed by atoms with Crippen LogP contribution >= 0.6 is 15.9 Å². The molecule has 0 amide bonds. The Kier molecular flexibility index (Phi) is 4.04. The van der Waals surface area contributed by atoms with Gasteiger partial charge in [0.1, 0.15) is 11.5 Å². The number of aryl methyl sites for hydroxylation is 2. The van der Waals surface area contributed by atoms with Crippen molar-refractivity contribution in [2.75, 3.05) is 0 Å². The number of rotatable bonds is 3. The van der Waals surface area contributed by atoms with Crippen molar-refractivity contribution in [1.82, 2.24) is 0 Å². The summed E-state index contributed by atoms with van der Waals surface area (Å²) in [6.07, 6.45) is 0. The summed E-state index contributed by atoms with van der Waals surface area (Å²) in [6.45, 7) is 4.08. The Morgan fingerprint density at radius 1 is 1.06 bits per heavy atom. The zero-order valence-corrected chi connectivity index (χ0v) is 12.0. The van der Waals surface area contributed by atoms with Crippen LogP contribution in [0.4, 0.5) is 0 Å². The molecular formula is C15H15BrO2. The molecule has 0 radical (unpaired) electrons. The third-order valence-electron chi connectivity index (χ3n) is 2.90. The highest BCUT2D eigenvalue weighted by atomic mass is 79.9. The highest BCUT2D eigenvalue weighted by molar-refractivity contribution is 9.10. The van der Waals surface area contributed by atoms with Gasteiger partial charge < -0.3 is 9.84 Å². The Hall–Kier alpha value is -1.32. The first kappa shape index (κ1) is 13.1. The van der Waals surface area contributed by atoms with Crippen LogP contribution in [0.2, 0.25) is 0 Å². The molecule has 0 spiro atoms. The average Bonchev–Trinajstić information content (AvgIpc) is 2.36. The summed E-state index contributed by atoms with van der Waals surface area (Å²) < 4.78 is 6.74. The Morgan fingerprint density at radius 3 is 2.50 bits per heavy atom. The van der Waals surface area contributed by atoms with E-state index in [9.17, 15) is 5.11 Å². The molecule has 0 saturated carbocycles. The molecule has 94 valence electrons. The van der Waals surface area contributed by atoms with E-state index in [2.05, 4.69) is 29.8 Å². The van der Waals surface area contributed by atoms with Crippen molar-refractivity contribution in [2.45, 2.75) is 20.5 Å². The molecular weight excluding hydrogens is 292 g/mol. The van der Waals surface area contributed by atoms with Gasteiger partial charge in [-0.3, -0.25) is 0 Å². The van der Waals surface area contributed by atoms with Crippen molar-refractivity contribution < 1.29 is 9.84 Å². The molecule has 0 aliphatic heterocycles. The summed E-state index contributed by atoms with van der Waals surface area (Å²) in [7, 11) is 0. The number of aliphatic hydroxyl groups is 1. The summed E-state index contributed by atoms with van der Waals surface area (Å²) in [5.74, 6) is 1.47. The number of aliphatic hydroxyl groups excluding tert-OH is 1. The zero-order valence-electron chi connectivity index (χ0n) is 10.4. The maximum atomic E-state index is 9.32. The topological polar surface area (TPSA) is 29.5 Å². The summed E-state index contributed by atoms with van der Waals surface area (Å²) >= 11 is 3.38. The van der Waals surface area contributed by atoms with Crippen LogP contribution < -0.4 is 4.74 Å². The van der Waals surface area contributed by atoms with Gasteiger partial charge in [0.2, 0.25) is 0 Å². The normalized spacial score (nSPS) is 10.4. The Balaban J connectivity index is 2.30. The van der Waals surface area contributed by atoms with Gasteiger partial charge in [-0.1, -0.05) is 22.0 Å². The molecule has 0 aromatic heterocycles. The standard InChI is InChI=1S/C15H15BrO2/c1-10-3-5-14(7-11(10)2)18-15-6-4-13(16)8-12(15)9-17/h3-8,17H,9H2,1-2H3. The summed E-state index contributed by atoms with van der Waals surface area (Å²) in [5.41, 5.74) is 3.19. The van der Waals surface area contributed by atoms with Gasteiger partial charge in [0, 0.05) is 10.0 Å². The van der Waals surface area contributed by atoms with Crippen molar-refractivity contribution in [2.24, 2.45) is 0 Å². The minimum Gasteiger partial charge on any atom is -0.457 e. The van der Waals surface area contributed by atoms with E-state index in [1.54, 1.807) is 0 Å². The second kappa shape index (κ2) is 5.55. The number of hydrogen-bond donors (Lipinski definition) is 1. The fourth-order valence-corrected chi connectivity index (χ4v) is 2.08. The molecule has 0 bridgehead atoms. The van der Waals surface area contributed by atoms with Crippen molar-refractivity contribution in [3.63, 3.8) is 0 Å². The summed E-state index contributed by atoms with van der Waals surface area (Å²) in [6, 6.07) is 11.6. The van der Waals surface area contributed by atoms with Gasteiger partial charge in [0.15, 0.2) is 0 Å². The van der Waals surface area contributed by atoms with Gasteiger partial charge in [-0.15, -0.1) is 0 Å². The molecule has 2 nitrogen and oxygen atoms in total. The van der Waals surface area contributed by atoms with Gasteiger partial charge in [0.25, 0.3) is 0 Å². The van der Waals surface area contributed by atoms with Gasteiger partial charge in [-0.25, -0.2) is 0 Å². The zero-order chi connectivity index (χ0) is 13.1. The maximum absolute atomic E-state index is 9.32. The molecule has 0 aliphatic rings. The molecule has 0 heterocycles. The van der Waals surface area contributed by atoms with E-state index in [0.29, 0.717) is 5.75 Å². The van der Waals surface area contributed by atoms with Crippen LogP contribution in [0.3, 0.4) is 0 Å². The number of hydrogen-bond acceptors (Lipinski definition) is 2. The molecule has 3 heteroatoms. The van der Waals surface area contributed by atoms with Crippen LogP contribution in [0.15, 0.2) is 40.9 Å². The Bertz CT molecular complexity index is 564. The average molecular weight is 307 g/mol. The van der Waals surface area contributed by atoms with Gasteiger partial charge in [-0.2, -0.15) is 0 Å². The highest BCUT2D eigenvalue weighted by Gasteiger charge is 2.05. The molecule has 0 saturated heterocycles. The van der Waals surface area contributed by atoms with E-state index < -0.39 is 0 Å². The van der Waals surface area contributed by atoms with Crippen LogP contribution in [0.5, 0.6) is 11.5 Å². The molecule has 2 aromatic rings. The van der Waals surface area contributed by atoms with Crippen molar-refractivity contribution in [1.29, 1.82) is 0 Å². The van der Waals surface area contributed by atoms with E-state index in [-0.39, 0.29) is 6.61 Å². The van der Waals surface area contributed by atoms with Crippen LogP contribution in [-0.2, 0) is 6.61 Å². The van der Waals surface area contributed by atoms with Crippen LogP contribution in [-0.4, -0.2) is 5.11 Å². The molecule has 2 rings (SSSR count). The lowest BCUT2D eigenvalue weighted by molar-refractivity contribution is 0.276. The first-order valence-corrected chi connectivity index (χ1v) is 6.54. The Labute approximate surface area is 115 Å². The first-order valence-electron chi connectivity index (χ1n) is 5.74. The maximum Gasteiger partial charge on any atom is 0.133 e. The second-order valence-corrected chi connectivity index (χ2v) is 5.17. The molecule has 2 aromatic carbocycles. The van der Waals surface area contributed by atoms with E-state index >= 15 is 0 Å². The third-order valence-corrected chi connectivity index (χ3v) is 3.39. The molecule has 1 N–H and O–H groups in total. The molecule has 0 fully saturated rings. The summed E-state index contributed by atoms with van der Waals surface area (Å²) in [4.78, 5) is 0. The van der Waals surface area contributed by atoms with Crippen molar-refractivity contribution >= 4 is 15.9 Å². The molecule has 0 atom stereocenters.